The SMILES string of the molecule is CC/C=C(\C=N)c1ccc2c(c1)C1(N=C(N)OC1C)c1cc(OC)ccc1O2. The number of benzene rings is 2. The highest BCUT2D eigenvalue weighted by Crippen LogP contribution is 2.54. The van der Waals surface area contributed by atoms with Crippen molar-refractivity contribution >= 4 is 17.8 Å². The predicted molar refractivity (Wildman–Crippen MR) is 110 cm³/mol. The number of nitrogens with two attached hydrogens (primary N) is 1. The second-order valence-electron chi connectivity index (χ2n) is 6.86. The van der Waals surface area contributed by atoms with E-state index in [2.05, 4.69) is 0 Å². The summed E-state index contributed by atoms with van der Waals surface area (Å²) in [6, 6.07) is 11.7. The lowest BCUT2D eigenvalue weighted by atomic mass is 9.76. The van der Waals surface area contributed by atoms with Crippen LogP contribution in [0.5, 0.6) is 17.2 Å². The van der Waals surface area contributed by atoms with Crippen LogP contribution in [0.25, 0.3) is 5.57 Å². The minimum absolute atomic E-state index is 0.149. The number of amidine groups is 1. The maximum Gasteiger partial charge on any atom is 0.283 e. The highest BCUT2D eigenvalue weighted by atomic mass is 16.5. The summed E-state index contributed by atoms with van der Waals surface area (Å²) in [5.41, 5.74) is 8.65. The monoisotopic (exact) mass is 377 g/mol. The molecule has 0 saturated heterocycles. The molecule has 6 heteroatoms. The van der Waals surface area contributed by atoms with E-state index in [0.717, 1.165) is 28.7 Å². The van der Waals surface area contributed by atoms with Gasteiger partial charge in [0.2, 0.25) is 0 Å². The van der Waals surface area contributed by atoms with E-state index in [-0.39, 0.29) is 12.1 Å². The first-order valence-electron chi connectivity index (χ1n) is 9.27. The molecule has 4 rings (SSSR count). The molecular weight excluding hydrogens is 354 g/mol. The number of aliphatic imine (C=N–C) groups is 1. The molecule has 28 heavy (non-hydrogen) atoms. The summed E-state index contributed by atoms with van der Waals surface area (Å²) in [6.45, 7) is 4.00. The lowest BCUT2D eigenvalue weighted by Gasteiger charge is -2.37. The van der Waals surface area contributed by atoms with Gasteiger partial charge in [0.05, 0.1) is 7.11 Å². The number of nitrogens with one attached hydrogen (secondary N) is 1. The third-order valence-corrected chi connectivity index (χ3v) is 5.29. The van der Waals surface area contributed by atoms with Crippen molar-refractivity contribution in [2.24, 2.45) is 10.7 Å². The Labute approximate surface area is 164 Å². The molecule has 0 amide bonds. The van der Waals surface area contributed by atoms with Crippen LogP contribution in [0.4, 0.5) is 0 Å². The van der Waals surface area contributed by atoms with E-state index in [9.17, 15) is 0 Å². The minimum Gasteiger partial charge on any atom is -0.497 e. The first kappa shape index (κ1) is 18.1. The summed E-state index contributed by atoms with van der Waals surface area (Å²) >= 11 is 0. The molecule has 0 radical (unpaired) electrons. The van der Waals surface area contributed by atoms with Crippen LogP contribution in [0.1, 0.15) is 37.0 Å². The fraction of sp³-hybridized carbons (Fsp3) is 0.273. The molecule has 1 spiro atoms. The van der Waals surface area contributed by atoms with E-state index in [1.165, 1.54) is 6.21 Å². The summed E-state index contributed by atoms with van der Waals surface area (Å²) in [5, 5.41) is 7.77. The van der Waals surface area contributed by atoms with Crippen molar-refractivity contribution in [3.05, 3.63) is 59.2 Å². The fourth-order valence-electron chi connectivity index (χ4n) is 3.98. The van der Waals surface area contributed by atoms with Crippen molar-refractivity contribution in [3.8, 4) is 17.2 Å². The Morgan fingerprint density at radius 2 is 1.96 bits per heavy atom. The van der Waals surface area contributed by atoms with Crippen molar-refractivity contribution in [3.63, 3.8) is 0 Å². The molecule has 2 aromatic carbocycles. The largest absolute Gasteiger partial charge is 0.497 e. The topological polar surface area (TPSA) is 89.9 Å². The first-order valence-corrected chi connectivity index (χ1v) is 9.27. The molecule has 2 aromatic rings. The number of methoxy groups -OCH3 is 1. The number of rotatable bonds is 4. The molecule has 0 saturated carbocycles. The van der Waals surface area contributed by atoms with E-state index in [1.54, 1.807) is 7.11 Å². The van der Waals surface area contributed by atoms with E-state index in [4.69, 9.17) is 30.3 Å². The van der Waals surface area contributed by atoms with Crippen LogP contribution >= 0.6 is 0 Å². The van der Waals surface area contributed by atoms with Crippen molar-refractivity contribution in [2.75, 3.05) is 7.11 Å². The van der Waals surface area contributed by atoms with Crippen LogP contribution in [-0.2, 0) is 10.3 Å². The Bertz CT molecular complexity index is 1010. The number of allylic oxidation sites excluding steroid dienone is 2. The normalized spacial score (nSPS) is 22.6. The van der Waals surface area contributed by atoms with Gasteiger partial charge in [-0.3, -0.25) is 0 Å². The second kappa shape index (κ2) is 6.71. The maximum absolute atomic E-state index is 7.77. The van der Waals surface area contributed by atoms with Crippen molar-refractivity contribution in [1.29, 1.82) is 5.41 Å². The molecule has 0 aliphatic carbocycles. The minimum atomic E-state index is -0.836. The van der Waals surface area contributed by atoms with Gasteiger partial charge in [-0.1, -0.05) is 19.1 Å². The van der Waals surface area contributed by atoms with Crippen LogP contribution in [0.2, 0.25) is 0 Å². The molecular formula is C22H23N3O3. The maximum atomic E-state index is 7.77. The van der Waals surface area contributed by atoms with Gasteiger partial charge in [-0.15, -0.1) is 0 Å². The lowest BCUT2D eigenvalue weighted by molar-refractivity contribution is 0.166. The van der Waals surface area contributed by atoms with Gasteiger partial charge in [-0.05, 0) is 54.8 Å². The number of hydrogen-bond donors (Lipinski definition) is 2. The smallest absolute Gasteiger partial charge is 0.283 e. The second-order valence-corrected chi connectivity index (χ2v) is 6.86. The first-order chi connectivity index (χ1) is 13.5. The van der Waals surface area contributed by atoms with Crippen molar-refractivity contribution < 1.29 is 14.2 Å². The standard InChI is InChI=1S/C22H23N3O3/c1-4-5-15(12-23)14-6-8-19-17(10-14)22(13(2)27-21(24)25-22)18-11-16(26-3)7-9-20(18)28-19/h5-13,23H,4H2,1-3H3,(H2,24,25)/b15-5+,23-12?. The van der Waals surface area contributed by atoms with Crippen LogP contribution in [0.15, 0.2) is 47.5 Å². The van der Waals surface area contributed by atoms with Crippen molar-refractivity contribution in [2.45, 2.75) is 31.9 Å². The Balaban J connectivity index is 1.99. The summed E-state index contributed by atoms with van der Waals surface area (Å²) in [5.74, 6) is 2.11. The van der Waals surface area contributed by atoms with E-state index in [0.29, 0.717) is 17.2 Å². The molecule has 0 aromatic heterocycles. The zero-order chi connectivity index (χ0) is 19.9. The van der Waals surface area contributed by atoms with E-state index < -0.39 is 5.54 Å². The summed E-state index contributed by atoms with van der Waals surface area (Å²) in [6.07, 6.45) is 3.91. The van der Waals surface area contributed by atoms with Crippen LogP contribution in [0, 0.1) is 5.41 Å². The van der Waals surface area contributed by atoms with Crippen LogP contribution < -0.4 is 15.2 Å². The zero-order valence-corrected chi connectivity index (χ0v) is 16.2. The predicted octanol–water partition coefficient (Wildman–Crippen LogP) is 4.22. The average molecular weight is 377 g/mol. The molecule has 2 unspecified atom stereocenters. The molecule has 2 atom stereocenters. The number of nitrogens with zero attached hydrogens (tertiary/aromatic N) is 1. The van der Waals surface area contributed by atoms with E-state index >= 15 is 0 Å². The highest BCUT2D eigenvalue weighted by molar-refractivity contribution is 6.08. The highest BCUT2D eigenvalue weighted by Gasteiger charge is 2.52. The number of hydrogen-bond acceptors (Lipinski definition) is 6. The Morgan fingerprint density at radius 3 is 2.57 bits per heavy atom. The van der Waals surface area contributed by atoms with Gasteiger partial charge in [0.15, 0.2) is 5.54 Å². The summed E-state index contributed by atoms with van der Waals surface area (Å²) in [4.78, 5) is 4.75. The van der Waals surface area contributed by atoms with Gasteiger partial charge in [0.25, 0.3) is 6.02 Å². The average Bonchev–Trinajstić information content (AvgIpc) is 3.00. The fourth-order valence-corrected chi connectivity index (χ4v) is 3.98. The van der Waals surface area contributed by atoms with Crippen LogP contribution in [-0.4, -0.2) is 25.5 Å². The van der Waals surface area contributed by atoms with Gasteiger partial charge in [-0.25, -0.2) is 4.99 Å². The number of ether oxygens (including phenoxy) is 3. The van der Waals surface area contributed by atoms with Crippen molar-refractivity contribution in [1.82, 2.24) is 0 Å². The molecule has 144 valence electrons. The third kappa shape index (κ3) is 2.56. The third-order valence-electron chi connectivity index (χ3n) is 5.29. The van der Waals surface area contributed by atoms with Gasteiger partial charge < -0.3 is 25.4 Å². The molecule has 6 nitrogen and oxygen atoms in total. The number of fused-ring (bicyclic) bond motifs is 4. The molecule has 2 aliphatic rings. The summed E-state index contributed by atoms with van der Waals surface area (Å²) in [7, 11) is 1.63. The zero-order valence-electron chi connectivity index (χ0n) is 16.2. The van der Waals surface area contributed by atoms with Gasteiger partial charge >= 0.3 is 0 Å². The van der Waals surface area contributed by atoms with Gasteiger partial charge in [-0.2, -0.15) is 0 Å². The quantitative estimate of drug-likeness (QED) is 0.781. The molecule has 2 aliphatic heterocycles. The van der Waals surface area contributed by atoms with Gasteiger partial charge in [0, 0.05) is 17.3 Å². The summed E-state index contributed by atoms with van der Waals surface area (Å²) < 4.78 is 17.4. The van der Waals surface area contributed by atoms with E-state index in [1.807, 2.05) is 56.3 Å². The lowest BCUT2D eigenvalue weighted by Crippen LogP contribution is -2.37. The molecule has 0 fully saturated rings. The van der Waals surface area contributed by atoms with Gasteiger partial charge in [0.1, 0.15) is 23.4 Å². The Hall–Kier alpha value is -3.28. The Kier molecular flexibility index (Phi) is 4.34. The molecule has 2 heterocycles. The molecule has 0 bridgehead atoms. The Morgan fingerprint density at radius 1 is 1.25 bits per heavy atom. The molecule has 3 N–H and O–H groups in total. The van der Waals surface area contributed by atoms with Crippen LogP contribution in [0.3, 0.4) is 0 Å².